The lowest BCUT2D eigenvalue weighted by atomic mass is 10.1. The minimum Gasteiger partial charge on any atom is -0.490 e. The average molecular weight is 272 g/mol. The van der Waals surface area contributed by atoms with Crippen LogP contribution in [-0.2, 0) is 0 Å². The van der Waals surface area contributed by atoms with Gasteiger partial charge in [-0.2, -0.15) is 0 Å². The lowest BCUT2D eigenvalue weighted by molar-refractivity contribution is 0.415. The number of benzene rings is 1. The zero-order chi connectivity index (χ0) is 14.5. The first-order valence-electron chi connectivity index (χ1n) is 6.63. The van der Waals surface area contributed by atoms with E-state index in [0.717, 1.165) is 12.2 Å². The topological polar surface area (TPSA) is 59.1 Å². The largest absolute Gasteiger partial charge is 0.490 e. The Morgan fingerprint density at radius 3 is 2.60 bits per heavy atom. The summed E-state index contributed by atoms with van der Waals surface area (Å²) in [7, 11) is 1.62. The molecule has 2 N–H and O–H groups in total. The smallest absolute Gasteiger partial charge is 0.204 e. The van der Waals surface area contributed by atoms with Crippen LogP contribution in [0.4, 0.5) is 17.3 Å². The summed E-state index contributed by atoms with van der Waals surface area (Å²) in [5.41, 5.74) is 3.44. The molecule has 0 atom stereocenters. The second-order valence-electron chi connectivity index (χ2n) is 4.51. The average Bonchev–Trinajstić information content (AvgIpc) is 2.44. The van der Waals surface area contributed by atoms with E-state index in [1.165, 1.54) is 17.5 Å². The highest BCUT2D eigenvalue weighted by Crippen LogP contribution is 2.32. The molecule has 0 bridgehead atoms. The molecule has 0 radical (unpaired) electrons. The fourth-order valence-corrected chi connectivity index (χ4v) is 1.96. The predicted octanol–water partition coefficient (Wildman–Crippen LogP) is 3.28. The molecule has 1 heterocycles. The molecule has 0 aliphatic carbocycles. The molecule has 0 amide bonds. The zero-order valence-electron chi connectivity index (χ0n) is 12.3. The fourth-order valence-electron chi connectivity index (χ4n) is 1.96. The Kier molecular flexibility index (Phi) is 4.40. The molecule has 5 nitrogen and oxygen atoms in total. The maximum atomic E-state index is 5.42. The van der Waals surface area contributed by atoms with E-state index in [-0.39, 0.29) is 0 Å². The summed E-state index contributed by atoms with van der Waals surface area (Å²) < 4.78 is 5.42. The first-order chi connectivity index (χ1) is 9.67. The second kappa shape index (κ2) is 6.23. The molecule has 20 heavy (non-hydrogen) atoms. The molecule has 0 aliphatic rings. The summed E-state index contributed by atoms with van der Waals surface area (Å²) in [5.74, 6) is 1.97. The molecule has 106 valence electrons. The number of rotatable bonds is 5. The minimum absolute atomic E-state index is 0.621. The van der Waals surface area contributed by atoms with Crippen LogP contribution >= 0.6 is 0 Å². The van der Waals surface area contributed by atoms with Crippen molar-refractivity contribution in [2.75, 3.05) is 24.3 Å². The molecule has 0 fully saturated rings. The van der Waals surface area contributed by atoms with Crippen LogP contribution in [0.3, 0.4) is 0 Å². The van der Waals surface area contributed by atoms with E-state index in [2.05, 4.69) is 40.5 Å². The summed E-state index contributed by atoms with van der Waals surface area (Å²) in [5, 5.41) is 6.48. The molecule has 2 rings (SSSR count). The second-order valence-corrected chi connectivity index (χ2v) is 4.51. The summed E-state index contributed by atoms with van der Waals surface area (Å²) in [6.07, 6.45) is 1.52. The van der Waals surface area contributed by atoms with Gasteiger partial charge < -0.3 is 15.4 Å². The maximum absolute atomic E-state index is 5.42. The van der Waals surface area contributed by atoms with E-state index in [1.807, 2.05) is 19.1 Å². The number of hydrogen-bond donors (Lipinski definition) is 2. The van der Waals surface area contributed by atoms with Gasteiger partial charge in [0.2, 0.25) is 5.75 Å². The van der Waals surface area contributed by atoms with Crippen LogP contribution in [0.1, 0.15) is 18.1 Å². The summed E-state index contributed by atoms with van der Waals surface area (Å²) in [4.78, 5) is 8.47. The van der Waals surface area contributed by atoms with Crippen LogP contribution in [0.15, 0.2) is 24.5 Å². The van der Waals surface area contributed by atoms with Gasteiger partial charge in [-0.25, -0.2) is 9.97 Å². The van der Waals surface area contributed by atoms with Crippen LogP contribution in [0.5, 0.6) is 5.75 Å². The summed E-state index contributed by atoms with van der Waals surface area (Å²) in [6, 6.07) is 6.13. The van der Waals surface area contributed by atoms with E-state index >= 15 is 0 Å². The third kappa shape index (κ3) is 2.82. The van der Waals surface area contributed by atoms with Gasteiger partial charge in [-0.05, 0) is 38.0 Å². The molecule has 0 aliphatic heterocycles. The molecule has 0 saturated carbocycles. The molecular formula is C15H20N4O. The van der Waals surface area contributed by atoms with Gasteiger partial charge in [0.05, 0.1) is 7.11 Å². The van der Waals surface area contributed by atoms with Crippen molar-refractivity contribution in [1.82, 2.24) is 9.97 Å². The van der Waals surface area contributed by atoms with Gasteiger partial charge in [0.1, 0.15) is 6.33 Å². The Morgan fingerprint density at radius 1 is 1.15 bits per heavy atom. The normalized spacial score (nSPS) is 10.2. The Balaban J connectivity index is 2.38. The number of aryl methyl sites for hydroxylation is 1. The van der Waals surface area contributed by atoms with E-state index in [9.17, 15) is 0 Å². The highest BCUT2D eigenvalue weighted by atomic mass is 16.5. The van der Waals surface area contributed by atoms with Gasteiger partial charge >= 0.3 is 0 Å². The van der Waals surface area contributed by atoms with Crippen LogP contribution in [0.2, 0.25) is 0 Å². The lowest BCUT2D eigenvalue weighted by Gasteiger charge is -2.15. The van der Waals surface area contributed by atoms with Crippen LogP contribution in [-0.4, -0.2) is 23.6 Å². The Morgan fingerprint density at radius 2 is 1.90 bits per heavy atom. The zero-order valence-corrected chi connectivity index (χ0v) is 12.3. The van der Waals surface area contributed by atoms with Crippen molar-refractivity contribution >= 4 is 17.3 Å². The van der Waals surface area contributed by atoms with E-state index in [1.54, 1.807) is 7.11 Å². The Labute approximate surface area is 119 Å². The Hall–Kier alpha value is -2.30. The number of methoxy groups -OCH3 is 1. The fraction of sp³-hybridized carbons (Fsp3) is 0.333. The maximum Gasteiger partial charge on any atom is 0.204 e. The van der Waals surface area contributed by atoms with Gasteiger partial charge in [0.25, 0.3) is 0 Å². The lowest BCUT2D eigenvalue weighted by Crippen LogP contribution is -2.06. The summed E-state index contributed by atoms with van der Waals surface area (Å²) >= 11 is 0. The van der Waals surface area contributed by atoms with Gasteiger partial charge in [0.15, 0.2) is 11.6 Å². The van der Waals surface area contributed by atoms with Crippen LogP contribution in [0, 0.1) is 13.8 Å². The number of ether oxygens (including phenoxy) is 1. The van der Waals surface area contributed by atoms with E-state index in [0.29, 0.717) is 17.4 Å². The number of aromatic nitrogens is 2. The molecule has 0 unspecified atom stereocenters. The first kappa shape index (κ1) is 14.1. The summed E-state index contributed by atoms with van der Waals surface area (Å²) in [6.45, 7) is 6.95. The van der Waals surface area contributed by atoms with Gasteiger partial charge in [0, 0.05) is 12.2 Å². The minimum atomic E-state index is 0.621. The molecular weight excluding hydrogens is 252 g/mol. The number of nitrogens with one attached hydrogen (secondary N) is 2. The van der Waals surface area contributed by atoms with E-state index in [4.69, 9.17) is 4.74 Å². The quantitative estimate of drug-likeness (QED) is 0.874. The number of hydrogen-bond acceptors (Lipinski definition) is 5. The molecule has 2 aromatic rings. The predicted molar refractivity (Wildman–Crippen MR) is 81.9 cm³/mol. The molecule has 5 heteroatoms. The van der Waals surface area contributed by atoms with Crippen molar-refractivity contribution in [1.29, 1.82) is 0 Å². The SMILES string of the molecule is CCNc1ncnc(Nc2cccc(C)c2C)c1OC. The van der Waals surface area contributed by atoms with Crippen molar-refractivity contribution < 1.29 is 4.74 Å². The molecule has 0 saturated heterocycles. The number of nitrogens with zero attached hydrogens (tertiary/aromatic N) is 2. The molecule has 1 aromatic carbocycles. The molecule has 1 aromatic heterocycles. The third-order valence-electron chi connectivity index (χ3n) is 3.21. The Bertz CT molecular complexity index is 598. The van der Waals surface area contributed by atoms with Gasteiger partial charge in [-0.3, -0.25) is 0 Å². The van der Waals surface area contributed by atoms with Crippen LogP contribution in [0.25, 0.3) is 0 Å². The van der Waals surface area contributed by atoms with E-state index < -0.39 is 0 Å². The standard InChI is InChI=1S/C15H20N4O/c1-5-16-14-13(20-4)15(18-9-17-14)19-12-8-6-7-10(2)11(12)3/h6-9H,5H2,1-4H3,(H2,16,17,18,19). The van der Waals surface area contributed by atoms with Crippen molar-refractivity contribution in [3.05, 3.63) is 35.7 Å². The van der Waals surface area contributed by atoms with Crippen molar-refractivity contribution in [3.8, 4) is 5.75 Å². The van der Waals surface area contributed by atoms with Crippen molar-refractivity contribution in [3.63, 3.8) is 0 Å². The highest BCUT2D eigenvalue weighted by Gasteiger charge is 2.12. The van der Waals surface area contributed by atoms with Crippen LogP contribution < -0.4 is 15.4 Å². The first-order valence-corrected chi connectivity index (χ1v) is 6.63. The highest BCUT2D eigenvalue weighted by molar-refractivity contribution is 5.71. The molecule has 0 spiro atoms. The van der Waals surface area contributed by atoms with Gasteiger partial charge in [-0.15, -0.1) is 0 Å². The van der Waals surface area contributed by atoms with Crippen molar-refractivity contribution in [2.24, 2.45) is 0 Å². The monoisotopic (exact) mass is 272 g/mol. The van der Waals surface area contributed by atoms with Crippen molar-refractivity contribution in [2.45, 2.75) is 20.8 Å². The van der Waals surface area contributed by atoms with Gasteiger partial charge in [-0.1, -0.05) is 12.1 Å². The number of anilines is 3. The third-order valence-corrected chi connectivity index (χ3v) is 3.21.